The zero-order valence-electron chi connectivity index (χ0n) is 21.6. The van der Waals surface area contributed by atoms with Gasteiger partial charge in [-0.2, -0.15) is 0 Å². The van der Waals surface area contributed by atoms with E-state index in [1.54, 1.807) is 18.3 Å². The van der Waals surface area contributed by atoms with Crippen LogP contribution in [-0.2, 0) is 4.79 Å². The average Bonchev–Trinajstić information content (AvgIpc) is 3.54. The molecule has 2 N–H and O–H groups in total. The van der Waals surface area contributed by atoms with Gasteiger partial charge < -0.3 is 20.1 Å². The number of carbonyl (C=O) groups excluding carboxylic acids is 1. The Hall–Kier alpha value is -4.57. The SMILES string of the molecule is Cc1ccc(C)c(NC(=O)CCN2C(=S)N[C@H](c3ccccn3)[C@@H]2c2cccn2-c2cccc([N+](=O)[O-])c2)c1. The number of thiocarbonyl (C=S) groups is 1. The molecule has 3 heterocycles. The first-order chi connectivity index (χ1) is 18.8. The highest BCUT2D eigenvalue weighted by molar-refractivity contribution is 7.80. The summed E-state index contributed by atoms with van der Waals surface area (Å²) in [6.07, 6.45) is 3.83. The van der Waals surface area contributed by atoms with Crippen LogP contribution in [0.1, 0.15) is 41.0 Å². The molecule has 0 aliphatic carbocycles. The number of rotatable bonds is 8. The van der Waals surface area contributed by atoms with Crippen molar-refractivity contribution in [3.63, 3.8) is 0 Å². The molecule has 5 rings (SSSR count). The topological polar surface area (TPSA) is 105 Å². The van der Waals surface area contributed by atoms with E-state index >= 15 is 0 Å². The molecule has 4 aromatic rings. The number of nitro benzene ring substituents is 1. The third-order valence-corrected chi connectivity index (χ3v) is 7.20. The number of non-ortho nitro benzene ring substituents is 1. The standard InChI is InChI=1S/C29H28N6O3S/c1-19-11-12-20(2)24(17-19)31-26(36)13-16-34-28(27(32-29(34)39)23-9-3-4-14-30-23)25-10-6-15-33(25)21-7-5-8-22(18-21)35(37)38/h3-12,14-15,17-18,27-28H,13,16H2,1-2H3,(H,31,36)(H,32,39)/t27-,28+/m1/s1. The van der Waals surface area contributed by atoms with E-state index in [2.05, 4.69) is 15.6 Å². The Labute approximate surface area is 231 Å². The zero-order valence-corrected chi connectivity index (χ0v) is 22.4. The normalized spacial score (nSPS) is 16.7. The summed E-state index contributed by atoms with van der Waals surface area (Å²) in [7, 11) is 0. The number of amides is 1. The lowest BCUT2D eigenvalue weighted by Gasteiger charge is -2.28. The van der Waals surface area contributed by atoms with Crippen LogP contribution in [0.25, 0.3) is 5.69 Å². The summed E-state index contributed by atoms with van der Waals surface area (Å²) >= 11 is 5.76. The summed E-state index contributed by atoms with van der Waals surface area (Å²) in [4.78, 5) is 30.6. The Bertz CT molecular complexity index is 1540. The molecule has 0 spiro atoms. The quantitative estimate of drug-likeness (QED) is 0.175. The molecule has 198 valence electrons. The minimum Gasteiger partial charge on any atom is -0.352 e. The van der Waals surface area contributed by atoms with E-state index in [4.69, 9.17) is 12.2 Å². The van der Waals surface area contributed by atoms with E-state index in [0.717, 1.165) is 28.2 Å². The van der Waals surface area contributed by atoms with E-state index in [-0.39, 0.29) is 30.1 Å². The number of pyridine rings is 1. The molecule has 0 bridgehead atoms. The highest BCUT2D eigenvalue weighted by Crippen LogP contribution is 2.39. The predicted molar refractivity (Wildman–Crippen MR) is 154 cm³/mol. The van der Waals surface area contributed by atoms with Crippen molar-refractivity contribution in [3.8, 4) is 5.69 Å². The van der Waals surface area contributed by atoms with Crippen LogP contribution in [0.3, 0.4) is 0 Å². The van der Waals surface area contributed by atoms with Crippen LogP contribution in [0.15, 0.2) is 85.2 Å². The van der Waals surface area contributed by atoms with Gasteiger partial charge in [0.05, 0.1) is 28.4 Å². The van der Waals surface area contributed by atoms with Gasteiger partial charge in [0.25, 0.3) is 5.69 Å². The summed E-state index contributed by atoms with van der Waals surface area (Å²) in [5, 5.41) is 18.4. The Kier molecular flexibility index (Phi) is 7.38. The molecule has 1 fully saturated rings. The summed E-state index contributed by atoms with van der Waals surface area (Å²) in [6.45, 7) is 4.32. The van der Waals surface area contributed by atoms with E-state index in [1.165, 1.54) is 6.07 Å². The van der Waals surface area contributed by atoms with Crippen molar-refractivity contribution in [3.05, 3.63) is 118 Å². The Morgan fingerprint density at radius 1 is 1.10 bits per heavy atom. The van der Waals surface area contributed by atoms with Crippen molar-refractivity contribution in [2.45, 2.75) is 32.4 Å². The number of benzene rings is 2. The lowest BCUT2D eigenvalue weighted by atomic mass is 10.0. The molecular formula is C29H28N6O3S. The Balaban J connectivity index is 1.46. The summed E-state index contributed by atoms with van der Waals surface area (Å²) < 4.78 is 1.92. The molecule has 2 aromatic carbocycles. The molecule has 39 heavy (non-hydrogen) atoms. The van der Waals surface area contributed by atoms with Gasteiger partial charge in [0, 0.05) is 48.9 Å². The molecule has 9 nitrogen and oxygen atoms in total. The fourth-order valence-electron chi connectivity index (χ4n) is 4.90. The van der Waals surface area contributed by atoms with Gasteiger partial charge in [-0.1, -0.05) is 24.3 Å². The highest BCUT2D eigenvalue weighted by Gasteiger charge is 2.41. The van der Waals surface area contributed by atoms with Crippen molar-refractivity contribution in [1.29, 1.82) is 0 Å². The van der Waals surface area contributed by atoms with Crippen LogP contribution in [-0.4, -0.2) is 36.9 Å². The van der Waals surface area contributed by atoms with Crippen molar-refractivity contribution in [2.75, 3.05) is 11.9 Å². The van der Waals surface area contributed by atoms with Gasteiger partial charge in [-0.25, -0.2) is 0 Å². The molecule has 10 heteroatoms. The maximum Gasteiger partial charge on any atom is 0.271 e. The first-order valence-electron chi connectivity index (χ1n) is 12.6. The molecule has 2 atom stereocenters. The molecule has 1 aliphatic heterocycles. The average molecular weight is 541 g/mol. The number of nitro groups is 1. The minimum absolute atomic E-state index is 0.00784. The van der Waals surface area contributed by atoms with Gasteiger partial charge in [0.2, 0.25) is 5.91 Å². The van der Waals surface area contributed by atoms with Crippen LogP contribution < -0.4 is 10.6 Å². The fourth-order valence-corrected chi connectivity index (χ4v) is 5.23. The van der Waals surface area contributed by atoms with Crippen molar-refractivity contribution < 1.29 is 9.72 Å². The van der Waals surface area contributed by atoms with Crippen LogP contribution in [0.5, 0.6) is 0 Å². The molecule has 1 aliphatic rings. The number of nitrogens with one attached hydrogen (secondary N) is 2. The Morgan fingerprint density at radius 2 is 1.95 bits per heavy atom. The lowest BCUT2D eigenvalue weighted by molar-refractivity contribution is -0.384. The van der Waals surface area contributed by atoms with Gasteiger partial charge in [-0.05, 0) is 73.6 Å². The summed E-state index contributed by atoms with van der Waals surface area (Å²) in [5.74, 6) is -0.111. The second kappa shape index (κ2) is 11.0. The minimum atomic E-state index is -0.406. The number of aromatic nitrogens is 2. The number of nitrogens with zero attached hydrogens (tertiary/aromatic N) is 4. The first kappa shape index (κ1) is 26.1. The van der Waals surface area contributed by atoms with E-state index < -0.39 is 4.92 Å². The molecular weight excluding hydrogens is 512 g/mol. The largest absolute Gasteiger partial charge is 0.352 e. The molecule has 0 saturated carbocycles. The van der Waals surface area contributed by atoms with Crippen LogP contribution in [0, 0.1) is 24.0 Å². The maximum atomic E-state index is 13.0. The van der Waals surface area contributed by atoms with Crippen LogP contribution >= 0.6 is 12.2 Å². The van der Waals surface area contributed by atoms with Crippen molar-refractivity contribution >= 4 is 34.6 Å². The summed E-state index contributed by atoms with van der Waals surface area (Å²) in [6, 6.07) is 21.5. The number of anilines is 1. The number of hydrogen-bond donors (Lipinski definition) is 2. The molecule has 0 radical (unpaired) electrons. The highest BCUT2D eigenvalue weighted by atomic mass is 32.1. The molecule has 1 amide bonds. The maximum absolute atomic E-state index is 13.0. The van der Waals surface area contributed by atoms with Gasteiger partial charge in [0.1, 0.15) is 0 Å². The third kappa shape index (κ3) is 5.51. The number of hydrogen-bond acceptors (Lipinski definition) is 5. The summed E-state index contributed by atoms with van der Waals surface area (Å²) in [5.41, 5.74) is 5.20. The monoisotopic (exact) mass is 540 g/mol. The lowest BCUT2D eigenvalue weighted by Crippen LogP contribution is -2.33. The molecule has 1 saturated heterocycles. The second-order valence-corrected chi connectivity index (χ2v) is 9.90. The fraction of sp³-hybridized carbons (Fsp3) is 0.207. The third-order valence-electron chi connectivity index (χ3n) is 6.85. The van der Waals surface area contributed by atoms with Crippen LogP contribution in [0.4, 0.5) is 11.4 Å². The van der Waals surface area contributed by atoms with Crippen molar-refractivity contribution in [2.24, 2.45) is 0 Å². The number of carbonyl (C=O) groups is 1. The molecule has 2 aromatic heterocycles. The second-order valence-electron chi connectivity index (χ2n) is 9.52. The van der Waals surface area contributed by atoms with Gasteiger partial charge in [-0.15, -0.1) is 0 Å². The van der Waals surface area contributed by atoms with Gasteiger partial charge in [-0.3, -0.25) is 19.9 Å². The number of aryl methyl sites for hydroxylation is 2. The van der Waals surface area contributed by atoms with Gasteiger partial charge in [0.15, 0.2) is 5.11 Å². The van der Waals surface area contributed by atoms with Crippen molar-refractivity contribution in [1.82, 2.24) is 19.8 Å². The zero-order chi connectivity index (χ0) is 27.5. The van der Waals surface area contributed by atoms with E-state index in [0.29, 0.717) is 17.3 Å². The van der Waals surface area contributed by atoms with Crippen LogP contribution in [0.2, 0.25) is 0 Å². The predicted octanol–water partition coefficient (Wildman–Crippen LogP) is 5.40. The smallest absolute Gasteiger partial charge is 0.271 e. The van der Waals surface area contributed by atoms with E-state index in [9.17, 15) is 14.9 Å². The Morgan fingerprint density at radius 3 is 2.72 bits per heavy atom. The van der Waals surface area contributed by atoms with Gasteiger partial charge >= 0.3 is 0 Å². The first-order valence-corrected chi connectivity index (χ1v) is 13.0. The molecule has 0 unspecified atom stereocenters. The van der Waals surface area contributed by atoms with E-state index in [1.807, 2.05) is 84.1 Å².